The second-order valence-electron chi connectivity index (χ2n) is 4.70. The monoisotopic (exact) mass is 309 g/mol. The number of aliphatic carboxylic acids is 1. The maximum atomic E-state index is 10.5. The van der Waals surface area contributed by atoms with Gasteiger partial charge in [-0.25, -0.2) is 4.79 Å². The number of carboxylic acids is 1. The highest BCUT2D eigenvalue weighted by atomic mass is 79.9. The van der Waals surface area contributed by atoms with Crippen LogP contribution in [0.15, 0.2) is 28.7 Å². The summed E-state index contributed by atoms with van der Waals surface area (Å²) in [5, 5.41) is 8.60. The highest BCUT2D eigenvalue weighted by molar-refractivity contribution is 9.10. The normalized spacial score (nSPS) is 15.0. The van der Waals surface area contributed by atoms with E-state index in [1.807, 2.05) is 18.2 Å². The van der Waals surface area contributed by atoms with Gasteiger partial charge in [0.25, 0.3) is 0 Å². The standard InChI is InChI=1S/C14H16BrNO2/c1-16(9-10-2-3-10)12-6-4-11(13(15)8-12)5-7-14(17)18/h4-8,10H,2-3,9H2,1H3,(H,17,18)/b7-5+. The van der Waals surface area contributed by atoms with E-state index < -0.39 is 5.97 Å². The van der Waals surface area contributed by atoms with Crippen LogP contribution in [0.3, 0.4) is 0 Å². The van der Waals surface area contributed by atoms with Gasteiger partial charge >= 0.3 is 5.97 Å². The third-order valence-electron chi connectivity index (χ3n) is 3.06. The van der Waals surface area contributed by atoms with Crippen LogP contribution in [0.2, 0.25) is 0 Å². The molecule has 0 heterocycles. The number of rotatable bonds is 5. The highest BCUT2D eigenvalue weighted by Crippen LogP contribution is 2.32. The predicted molar refractivity (Wildman–Crippen MR) is 76.8 cm³/mol. The van der Waals surface area contributed by atoms with Crippen LogP contribution >= 0.6 is 15.9 Å². The lowest BCUT2D eigenvalue weighted by Crippen LogP contribution is -2.19. The molecular weight excluding hydrogens is 294 g/mol. The topological polar surface area (TPSA) is 40.5 Å². The van der Waals surface area contributed by atoms with Gasteiger partial charge in [0.1, 0.15) is 0 Å². The van der Waals surface area contributed by atoms with Crippen molar-refractivity contribution in [3.63, 3.8) is 0 Å². The lowest BCUT2D eigenvalue weighted by atomic mass is 10.2. The summed E-state index contributed by atoms with van der Waals surface area (Å²) in [6.45, 7) is 1.09. The van der Waals surface area contributed by atoms with Crippen molar-refractivity contribution < 1.29 is 9.90 Å². The van der Waals surface area contributed by atoms with E-state index in [2.05, 4.69) is 27.9 Å². The van der Waals surface area contributed by atoms with Crippen LogP contribution in [0.5, 0.6) is 0 Å². The third-order valence-corrected chi connectivity index (χ3v) is 3.75. The quantitative estimate of drug-likeness (QED) is 0.848. The zero-order valence-corrected chi connectivity index (χ0v) is 11.9. The van der Waals surface area contributed by atoms with Crippen molar-refractivity contribution in [1.82, 2.24) is 0 Å². The number of hydrogen-bond acceptors (Lipinski definition) is 2. The first-order valence-electron chi connectivity index (χ1n) is 5.98. The molecule has 0 amide bonds. The molecule has 96 valence electrons. The van der Waals surface area contributed by atoms with Crippen molar-refractivity contribution in [2.75, 3.05) is 18.5 Å². The van der Waals surface area contributed by atoms with Crippen LogP contribution in [0, 0.1) is 5.92 Å². The molecule has 1 saturated carbocycles. The van der Waals surface area contributed by atoms with Crippen LogP contribution in [-0.4, -0.2) is 24.7 Å². The summed E-state index contributed by atoms with van der Waals surface area (Å²) >= 11 is 3.48. The van der Waals surface area contributed by atoms with Gasteiger partial charge in [0, 0.05) is 29.8 Å². The molecule has 1 aromatic carbocycles. The maximum absolute atomic E-state index is 10.5. The summed E-state index contributed by atoms with van der Waals surface area (Å²) in [6.07, 6.45) is 5.42. The average molecular weight is 310 g/mol. The molecule has 1 aromatic rings. The third kappa shape index (κ3) is 3.60. The second kappa shape index (κ2) is 5.57. The van der Waals surface area contributed by atoms with Crippen LogP contribution in [0.25, 0.3) is 6.08 Å². The number of carboxylic acid groups (broad SMARTS) is 1. The molecular formula is C14H16BrNO2. The Hall–Kier alpha value is -1.29. The molecule has 0 spiro atoms. The first-order chi connectivity index (χ1) is 8.56. The Morgan fingerprint density at radius 1 is 1.56 bits per heavy atom. The van der Waals surface area contributed by atoms with Crippen LogP contribution in [0.4, 0.5) is 5.69 Å². The summed E-state index contributed by atoms with van der Waals surface area (Å²) in [7, 11) is 2.09. The number of benzene rings is 1. The first-order valence-corrected chi connectivity index (χ1v) is 6.77. The summed E-state index contributed by atoms with van der Waals surface area (Å²) in [4.78, 5) is 12.7. The average Bonchev–Trinajstić information content (AvgIpc) is 3.11. The molecule has 1 aliphatic rings. The Labute approximate surface area is 115 Å². The highest BCUT2D eigenvalue weighted by Gasteiger charge is 2.23. The smallest absolute Gasteiger partial charge is 0.328 e. The van der Waals surface area contributed by atoms with E-state index in [1.54, 1.807) is 6.08 Å². The predicted octanol–water partition coefficient (Wildman–Crippen LogP) is 3.39. The molecule has 0 radical (unpaired) electrons. The molecule has 0 bridgehead atoms. The molecule has 0 aliphatic heterocycles. The lowest BCUT2D eigenvalue weighted by Gasteiger charge is -2.19. The largest absolute Gasteiger partial charge is 0.478 e. The molecule has 0 unspecified atom stereocenters. The van der Waals surface area contributed by atoms with Crippen LogP contribution < -0.4 is 4.90 Å². The fourth-order valence-electron chi connectivity index (χ4n) is 1.84. The minimum Gasteiger partial charge on any atom is -0.478 e. The summed E-state index contributed by atoms with van der Waals surface area (Å²) in [5.41, 5.74) is 2.03. The van der Waals surface area contributed by atoms with E-state index >= 15 is 0 Å². The maximum Gasteiger partial charge on any atom is 0.328 e. The Morgan fingerprint density at radius 3 is 2.83 bits per heavy atom. The molecule has 0 aromatic heterocycles. The van der Waals surface area contributed by atoms with E-state index in [4.69, 9.17) is 5.11 Å². The van der Waals surface area contributed by atoms with Gasteiger partial charge in [0.05, 0.1) is 0 Å². The molecule has 0 atom stereocenters. The van der Waals surface area contributed by atoms with E-state index in [-0.39, 0.29) is 0 Å². The van der Waals surface area contributed by atoms with Crippen molar-refractivity contribution in [2.24, 2.45) is 5.92 Å². The molecule has 2 rings (SSSR count). The lowest BCUT2D eigenvalue weighted by molar-refractivity contribution is -0.131. The Bertz CT molecular complexity index is 481. The molecule has 0 saturated heterocycles. The molecule has 3 nitrogen and oxygen atoms in total. The van der Waals surface area contributed by atoms with Crippen LogP contribution in [-0.2, 0) is 4.79 Å². The SMILES string of the molecule is CN(CC1CC1)c1ccc(/C=C/C(=O)O)c(Br)c1. The summed E-state index contributed by atoms with van der Waals surface area (Å²) in [5.74, 6) is -0.0859. The van der Waals surface area contributed by atoms with Gasteiger partial charge in [-0.1, -0.05) is 22.0 Å². The minimum atomic E-state index is -0.933. The van der Waals surface area contributed by atoms with Gasteiger partial charge in [-0.15, -0.1) is 0 Å². The first kappa shape index (κ1) is 13.1. The van der Waals surface area contributed by atoms with E-state index in [0.29, 0.717) is 0 Å². The Kier molecular flexibility index (Phi) is 4.07. The van der Waals surface area contributed by atoms with Gasteiger partial charge in [0.15, 0.2) is 0 Å². The minimum absolute atomic E-state index is 0.848. The van der Waals surface area contributed by atoms with Gasteiger partial charge in [-0.2, -0.15) is 0 Å². The number of carbonyl (C=O) groups is 1. The van der Waals surface area contributed by atoms with Gasteiger partial charge in [0.2, 0.25) is 0 Å². The molecule has 1 aliphatic carbocycles. The van der Waals surface area contributed by atoms with Gasteiger partial charge in [-0.05, 0) is 42.5 Å². The van der Waals surface area contributed by atoms with Crippen molar-refractivity contribution in [2.45, 2.75) is 12.8 Å². The molecule has 18 heavy (non-hydrogen) atoms. The zero-order chi connectivity index (χ0) is 13.1. The number of halogens is 1. The molecule has 1 fully saturated rings. The van der Waals surface area contributed by atoms with Crippen molar-refractivity contribution in [3.05, 3.63) is 34.3 Å². The molecule has 1 N–H and O–H groups in total. The number of hydrogen-bond donors (Lipinski definition) is 1. The Morgan fingerprint density at radius 2 is 2.28 bits per heavy atom. The zero-order valence-electron chi connectivity index (χ0n) is 10.3. The Balaban J connectivity index is 2.10. The van der Waals surface area contributed by atoms with Crippen molar-refractivity contribution in [3.8, 4) is 0 Å². The van der Waals surface area contributed by atoms with Crippen molar-refractivity contribution in [1.29, 1.82) is 0 Å². The van der Waals surface area contributed by atoms with E-state index in [9.17, 15) is 4.79 Å². The summed E-state index contributed by atoms with van der Waals surface area (Å²) < 4.78 is 0.917. The van der Waals surface area contributed by atoms with E-state index in [0.717, 1.165) is 34.3 Å². The van der Waals surface area contributed by atoms with E-state index in [1.165, 1.54) is 12.8 Å². The van der Waals surface area contributed by atoms with Gasteiger partial charge < -0.3 is 10.0 Å². The molecule has 4 heteroatoms. The number of nitrogens with zero attached hydrogens (tertiary/aromatic N) is 1. The number of anilines is 1. The fourth-order valence-corrected chi connectivity index (χ4v) is 2.34. The fraction of sp³-hybridized carbons (Fsp3) is 0.357. The second-order valence-corrected chi connectivity index (χ2v) is 5.56. The van der Waals surface area contributed by atoms with Gasteiger partial charge in [-0.3, -0.25) is 0 Å². The summed E-state index contributed by atoms with van der Waals surface area (Å²) in [6, 6.07) is 5.99. The van der Waals surface area contributed by atoms with Crippen molar-refractivity contribution >= 4 is 33.7 Å². The van der Waals surface area contributed by atoms with Crippen LogP contribution in [0.1, 0.15) is 18.4 Å².